The maximum absolute atomic E-state index is 15.2. The second-order valence-electron chi connectivity index (χ2n) is 12.5. The molecule has 0 spiro atoms. The minimum atomic E-state index is -0.586. The van der Waals surface area contributed by atoms with Gasteiger partial charge in [0.05, 0.1) is 32.1 Å². The standard InChI is InChI=1S/C34H42FN5O5/c1-21-8-7-9-27(35)31(21)39-20-23-19-37-30(36-18-22-10-15-26(43-5)16-29(22)44-6)17-28(23)40(33(39)42)25-13-11-24(12-14-25)38-32(41)45-34(2,3)4/h7-10,15-17,19,24-25H,11-14,18,20H2,1-6H3,(H,36,37)(H,38,41). The number of halogens is 1. The fourth-order valence-electron chi connectivity index (χ4n) is 6.02. The largest absolute Gasteiger partial charge is 0.497 e. The normalized spacial score (nSPS) is 18.2. The van der Waals surface area contributed by atoms with E-state index in [1.54, 1.807) is 44.4 Å². The molecule has 0 atom stereocenters. The molecule has 3 amide bonds. The predicted octanol–water partition coefficient (Wildman–Crippen LogP) is 6.94. The molecule has 5 rings (SSSR count). The number of amides is 3. The van der Waals surface area contributed by atoms with E-state index in [1.165, 1.54) is 11.0 Å². The average molecular weight is 620 g/mol. The number of urea groups is 1. The van der Waals surface area contributed by atoms with E-state index in [-0.39, 0.29) is 30.3 Å². The molecule has 2 heterocycles. The highest BCUT2D eigenvalue weighted by Crippen LogP contribution is 2.39. The number of anilines is 3. The number of ether oxygens (including phenoxy) is 3. The summed E-state index contributed by atoms with van der Waals surface area (Å²) in [7, 11) is 3.22. The van der Waals surface area contributed by atoms with Gasteiger partial charge in [-0.2, -0.15) is 0 Å². The van der Waals surface area contributed by atoms with Gasteiger partial charge in [0.1, 0.15) is 28.7 Å². The maximum Gasteiger partial charge on any atom is 0.407 e. The van der Waals surface area contributed by atoms with Gasteiger partial charge >= 0.3 is 12.1 Å². The number of hydrogen-bond acceptors (Lipinski definition) is 7. The highest BCUT2D eigenvalue weighted by Gasteiger charge is 2.39. The van der Waals surface area contributed by atoms with Crippen molar-refractivity contribution < 1.29 is 28.2 Å². The smallest absolute Gasteiger partial charge is 0.407 e. The van der Waals surface area contributed by atoms with E-state index < -0.39 is 17.5 Å². The van der Waals surface area contributed by atoms with Crippen molar-refractivity contribution in [3.63, 3.8) is 0 Å². The van der Waals surface area contributed by atoms with Crippen molar-refractivity contribution >= 4 is 29.3 Å². The Morgan fingerprint density at radius 1 is 1.07 bits per heavy atom. The molecule has 2 aliphatic rings. The molecule has 240 valence electrons. The summed E-state index contributed by atoms with van der Waals surface area (Å²) in [6.07, 6.45) is 3.97. The van der Waals surface area contributed by atoms with Crippen LogP contribution in [-0.4, -0.2) is 49.0 Å². The lowest BCUT2D eigenvalue weighted by Crippen LogP contribution is -2.54. The highest BCUT2D eigenvalue weighted by molar-refractivity contribution is 6.07. The summed E-state index contributed by atoms with van der Waals surface area (Å²) >= 11 is 0. The summed E-state index contributed by atoms with van der Waals surface area (Å²) in [5.41, 5.74) is 2.84. The monoisotopic (exact) mass is 619 g/mol. The van der Waals surface area contributed by atoms with E-state index in [0.29, 0.717) is 55.1 Å². The number of para-hydroxylation sites is 1. The van der Waals surface area contributed by atoms with Crippen LogP contribution in [0.1, 0.15) is 63.1 Å². The van der Waals surface area contributed by atoms with Gasteiger partial charge in [-0.1, -0.05) is 12.1 Å². The molecular formula is C34H42FN5O5. The van der Waals surface area contributed by atoms with Crippen LogP contribution in [0.25, 0.3) is 0 Å². The number of carbonyl (C=O) groups is 2. The Kier molecular flexibility index (Phi) is 9.36. The van der Waals surface area contributed by atoms with Crippen LogP contribution in [0.5, 0.6) is 11.5 Å². The van der Waals surface area contributed by atoms with Crippen LogP contribution in [0.4, 0.5) is 31.2 Å². The van der Waals surface area contributed by atoms with Crippen molar-refractivity contribution in [2.75, 3.05) is 29.3 Å². The van der Waals surface area contributed by atoms with E-state index in [9.17, 15) is 9.59 Å². The number of methoxy groups -OCH3 is 2. The van der Waals surface area contributed by atoms with Gasteiger partial charge < -0.3 is 24.8 Å². The van der Waals surface area contributed by atoms with Gasteiger partial charge in [-0.25, -0.2) is 19.0 Å². The fraction of sp³-hybridized carbons (Fsp3) is 0.441. The lowest BCUT2D eigenvalue weighted by atomic mass is 9.89. The van der Waals surface area contributed by atoms with Crippen LogP contribution in [0.15, 0.2) is 48.7 Å². The number of hydrogen-bond donors (Lipinski definition) is 2. The number of nitrogens with zero attached hydrogens (tertiary/aromatic N) is 3. The van der Waals surface area contributed by atoms with Crippen molar-refractivity contribution in [2.24, 2.45) is 0 Å². The molecular weight excluding hydrogens is 577 g/mol. The van der Waals surface area contributed by atoms with Crippen LogP contribution < -0.4 is 29.9 Å². The Morgan fingerprint density at radius 2 is 1.82 bits per heavy atom. The van der Waals surface area contributed by atoms with Crippen molar-refractivity contribution in [1.29, 1.82) is 0 Å². The molecule has 2 N–H and O–H groups in total. The number of aryl methyl sites for hydroxylation is 1. The van der Waals surface area contributed by atoms with Gasteiger partial charge in [-0.3, -0.25) is 9.80 Å². The van der Waals surface area contributed by atoms with Crippen molar-refractivity contribution in [2.45, 2.75) is 84.2 Å². The molecule has 45 heavy (non-hydrogen) atoms. The first-order valence-corrected chi connectivity index (χ1v) is 15.3. The fourth-order valence-corrected chi connectivity index (χ4v) is 6.02. The minimum Gasteiger partial charge on any atom is -0.497 e. The summed E-state index contributed by atoms with van der Waals surface area (Å²) in [4.78, 5) is 34.6. The predicted molar refractivity (Wildman–Crippen MR) is 172 cm³/mol. The van der Waals surface area contributed by atoms with E-state index in [2.05, 4.69) is 15.6 Å². The lowest BCUT2D eigenvalue weighted by molar-refractivity contribution is 0.0491. The molecule has 1 aliphatic carbocycles. The molecule has 1 fully saturated rings. The van der Waals surface area contributed by atoms with Gasteiger partial charge in [0.2, 0.25) is 0 Å². The molecule has 1 aromatic heterocycles. The molecule has 3 aromatic rings. The topological polar surface area (TPSA) is 105 Å². The summed E-state index contributed by atoms with van der Waals surface area (Å²) in [6, 6.07) is 11.8. The summed E-state index contributed by atoms with van der Waals surface area (Å²) in [5.74, 6) is 1.53. The molecule has 0 bridgehead atoms. The average Bonchev–Trinajstić information content (AvgIpc) is 2.99. The number of aromatic nitrogens is 1. The molecule has 0 radical (unpaired) electrons. The highest BCUT2D eigenvalue weighted by atomic mass is 19.1. The first kappa shape index (κ1) is 31.9. The summed E-state index contributed by atoms with van der Waals surface area (Å²) in [6.45, 7) is 7.93. The van der Waals surface area contributed by atoms with E-state index >= 15 is 4.39 Å². The van der Waals surface area contributed by atoms with E-state index in [0.717, 1.165) is 16.8 Å². The number of alkyl carbamates (subject to hydrolysis) is 1. The van der Waals surface area contributed by atoms with E-state index in [4.69, 9.17) is 14.2 Å². The number of rotatable bonds is 8. The number of nitrogens with one attached hydrogen (secondary N) is 2. The van der Waals surface area contributed by atoms with Gasteiger partial charge in [-0.15, -0.1) is 0 Å². The van der Waals surface area contributed by atoms with Crippen LogP contribution in [0.3, 0.4) is 0 Å². The Morgan fingerprint density at radius 3 is 2.49 bits per heavy atom. The number of pyridine rings is 1. The SMILES string of the molecule is COc1ccc(CNc2cc3c(cn2)CN(c2c(C)cccc2F)C(=O)N3C2CCC(NC(=O)OC(C)(C)C)CC2)c(OC)c1. The van der Waals surface area contributed by atoms with Gasteiger partial charge in [-0.05, 0) is 77.1 Å². The van der Waals surface area contributed by atoms with Crippen LogP contribution in [0, 0.1) is 12.7 Å². The third-order valence-corrected chi connectivity index (χ3v) is 8.18. The second kappa shape index (κ2) is 13.2. The Balaban J connectivity index is 1.41. The maximum atomic E-state index is 15.2. The zero-order chi connectivity index (χ0) is 32.3. The zero-order valence-corrected chi connectivity index (χ0v) is 26.8. The van der Waals surface area contributed by atoms with Gasteiger partial charge in [0.15, 0.2) is 0 Å². The van der Waals surface area contributed by atoms with Crippen LogP contribution >= 0.6 is 0 Å². The Bertz CT molecular complexity index is 1530. The third kappa shape index (κ3) is 7.24. The zero-order valence-electron chi connectivity index (χ0n) is 26.8. The molecule has 1 saturated carbocycles. The number of carbonyl (C=O) groups excluding carboxylic acids is 2. The van der Waals surface area contributed by atoms with Crippen LogP contribution in [-0.2, 0) is 17.8 Å². The van der Waals surface area contributed by atoms with E-state index in [1.807, 2.05) is 45.0 Å². The molecule has 11 heteroatoms. The quantitative estimate of drug-likeness (QED) is 0.281. The van der Waals surface area contributed by atoms with Gasteiger partial charge in [0.25, 0.3) is 0 Å². The number of benzene rings is 2. The second-order valence-corrected chi connectivity index (χ2v) is 12.5. The van der Waals surface area contributed by atoms with Crippen molar-refractivity contribution in [3.05, 3.63) is 71.2 Å². The molecule has 10 nitrogen and oxygen atoms in total. The van der Waals surface area contributed by atoms with Gasteiger partial charge in [0, 0.05) is 48.1 Å². The summed E-state index contributed by atoms with van der Waals surface area (Å²) < 4.78 is 31.5. The van der Waals surface area contributed by atoms with Crippen molar-refractivity contribution in [3.8, 4) is 11.5 Å². The van der Waals surface area contributed by atoms with Crippen molar-refractivity contribution in [1.82, 2.24) is 10.3 Å². The molecule has 0 saturated heterocycles. The minimum absolute atomic E-state index is 0.0606. The lowest BCUT2D eigenvalue weighted by Gasteiger charge is -2.43. The van der Waals surface area contributed by atoms with Crippen LogP contribution in [0.2, 0.25) is 0 Å². The Labute approximate surface area is 263 Å². The first-order chi connectivity index (χ1) is 21.5. The summed E-state index contributed by atoms with van der Waals surface area (Å²) in [5, 5.41) is 6.34. The first-order valence-electron chi connectivity index (χ1n) is 15.3. The third-order valence-electron chi connectivity index (χ3n) is 8.18. The Hall–Kier alpha value is -4.54. The molecule has 2 aromatic carbocycles. The number of fused-ring (bicyclic) bond motifs is 1. The molecule has 1 aliphatic heterocycles. The molecule has 0 unspecified atom stereocenters.